The molecule has 1 aliphatic heterocycles. The van der Waals surface area contributed by atoms with Gasteiger partial charge in [0.15, 0.2) is 11.9 Å². The van der Waals surface area contributed by atoms with E-state index in [1.165, 1.54) is 16.3 Å². The van der Waals surface area contributed by atoms with Gasteiger partial charge in [-0.05, 0) is 45.2 Å². The highest BCUT2D eigenvalue weighted by Gasteiger charge is 2.32. The van der Waals surface area contributed by atoms with Gasteiger partial charge in [-0.2, -0.15) is 0 Å². The average molecular weight is 468 g/mol. The molecule has 36 heavy (non-hydrogen) atoms. The molecule has 0 spiro atoms. The van der Waals surface area contributed by atoms with Gasteiger partial charge in [0.2, 0.25) is 0 Å². The quantitative estimate of drug-likeness (QED) is 0.272. The molecule has 0 aromatic heterocycles. The molecule has 0 radical (unpaired) electrons. The molecule has 1 N–H and O–H groups in total. The second-order valence-corrected chi connectivity index (χ2v) is 8.93. The van der Waals surface area contributed by atoms with Crippen molar-refractivity contribution in [2.75, 3.05) is 0 Å². The molecule has 3 nitrogen and oxygen atoms in total. The van der Waals surface area contributed by atoms with Crippen LogP contribution < -0.4 is 10.1 Å². The van der Waals surface area contributed by atoms with Crippen molar-refractivity contribution in [1.82, 2.24) is 5.32 Å². The number of fused-ring (bicyclic) bond motifs is 2. The van der Waals surface area contributed by atoms with E-state index in [0.29, 0.717) is 23.4 Å². The molecule has 5 aromatic carbocycles. The zero-order valence-electron chi connectivity index (χ0n) is 19.7. The molecule has 0 aliphatic carbocycles. The van der Waals surface area contributed by atoms with Crippen LogP contribution in [0.5, 0.6) is 5.75 Å². The molecule has 174 valence electrons. The molecule has 6 rings (SSSR count). The van der Waals surface area contributed by atoms with E-state index in [-0.39, 0.29) is 5.78 Å². The molecule has 0 saturated carbocycles. The Hall–Kier alpha value is -4.63. The zero-order chi connectivity index (χ0) is 24.3. The Kier molecular flexibility index (Phi) is 5.80. The molecular formula is C33H25NO2. The first-order valence-corrected chi connectivity index (χ1v) is 12.1. The summed E-state index contributed by atoms with van der Waals surface area (Å²) in [6.07, 6.45) is 1.34. The number of rotatable bonds is 5. The van der Waals surface area contributed by atoms with Crippen LogP contribution in [-0.4, -0.2) is 5.78 Å². The molecule has 1 aliphatic rings. The third-order valence-electron chi connectivity index (χ3n) is 6.67. The maximum Gasteiger partial charge on any atom is 0.198 e. The topological polar surface area (TPSA) is 38.3 Å². The van der Waals surface area contributed by atoms with Gasteiger partial charge in [-0.15, -0.1) is 0 Å². The van der Waals surface area contributed by atoms with E-state index in [1.54, 1.807) is 0 Å². The first-order valence-electron chi connectivity index (χ1n) is 12.1. The van der Waals surface area contributed by atoms with Crippen LogP contribution in [0, 0.1) is 0 Å². The van der Waals surface area contributed by atoms with Crippen LogP contribution in [0.3, 0.4) is 0 Å². The van der Waals surface area contributed by atoms with E-state index in [4.69, 9.17) is 4.74 Å². The monoisotopic (exact) mass is 467 g/mol. The number of Topliss-reactive ketones (excluding diaryl/α,β-unsaturated/α-hetero) is 1. The lowest BCUT2D eigenvalue weighted by molar-refractivity contribution is 0.0959. The summed E-state index contributed by atoms with van der Waals surface area (Å²) < 4.78 is 6.39. The Morgan fingerprint density at radius 2 is 1.39 bits per heavy atom. The number of carbonyl (C=O) groups is 1. The van der Waals surface area contributed by atoms with Gasteiger partial charge in [0.1, 0.15) is 5.75 Å². The zero-order valence-corrected chi connectivity index (χ0v) is 19.7. The fourth-order valence-electron chi connectivity index (χ4n) is 4.81. The SMILES string of the molecule is O=C1/C(=C\NCc2cccc3ccccc23)[C@H](c2ccc(-c3ccccc3)cc2)Oc2ccccc21. The molecule has 3 heteroatoms. The van der Waals surface area contributed by atoms with Crippen LogP contribution in [0.15, 0.2) is 133 Å². The predicted molar refractivity (Wildman–Crippen MR) is 145 cm³/mol. The number of benzene rings is 5. The largest absolute Gasteiger partial charge is 0.480 e. The van der Waals surface area contributed by atoms with Crippen LogP contribution in [0.1, 0.15) is 27.6 Å². The molecular weight excluding hydrogens is 442 g/mol. The lowest BCUT2D eigenvalue weighted by Crippen LogP contribution is -2.25. The third kappa shape index (κ3) is 4.16. The highest BCUT2D eigenvalue weighted by molar-refractivity contribution is 6.12. The number of para-hydroxylation sites is 1. The Morgan fingerprint density at radius 1 is 0.694 bits per heavy atom. The summed E-state index contributed by atoms with van der Waals surface area (Å²) in [6.45, 7) is 0.611. The van der Waals surface area contributed by atoms with Gasteiger partial charge in [0, 0.05) is 12.7 Å². The standard InChI is InChI=1S/C33H25NO2/c35-32-29-15-6-7-16-31(29)36-33(26-19-17-24(18-20-26)23-9-2-1-3-10-23)30(32)22-34-21-27-13-8-12-25-11-4-5-14-28(25)27/h1-20,22,33-34H,21H2/b30-22+/t33-/m0/s1. The lowest BCUT2D eigenvalue weighted by Gasteiger charge is -2.28. The van der Waals surface area contributed by atoms with Crippen molar-refractivity contribution in [2.45, 2.75) is 12.6 Å². The summed E-state index contributed by atoms with van der Waals surface area (Å²) in [5.41, 5.74) is 5.59. The van der Waals surface area contributed by atoms with Crippen LogP contribution in [0.25, 0.3) is 21.9 Å². The van der Waals surface area contributed by atoms with Crippen molar-refractivity contribution in [3.05, 3.63) is 150 Å². The molecule has 0 fully saturated rings. The van der Waals surface area contributed by atoms with Gasteiger partial charge in [-0.25, -0.2) is 0 Å². The Balaban J connectivity index is 1.32. The van der Waals surface area contributed by atoms with E-state index in [9.17, 15) is 4.79 Å². The summed E-state index contributed by atoms with van der Waals surface area (Å²) in [7, 11) is 0. The first kappa shape index (κ1) is 21.9. The van der Waals surface area contributed by atoms with Gasteiger partial charge in [-0.1, -0.05) is 109 Å². The summed E-state index contributed by atoms with van der Waals surface area (Å²) in [4.78, 5) is 13.6. The summed E-state index contributed by atoms with van der Waals surface area (Å²) in [5.74, 6) is 0.602. The second kappa shape index (κ2) is 9.55. The van der Waals surface area contributed by atoms with Crippen molar-refractivity contribution in [2.24, 2.45) is 0 Å². The van der Waals surface area contributed by atoms with Gasteiger partial charge in [0.05, 0.1) is 11.1 Å². The van der Waals surface area contributed by atoms with E-state index in [0.717, 1.165) is 16.7 Å². The van der Waals surface area contributed by atoms with Crippen molar-refractivity contribution in [1.29, 1.82) is 0 Å². The number of hydrogen-bond acceptors (Lipinski definition) is 3. The molecule has 1 heterocycles. The molecule has 5 aromatic rings. The second-order valence-electron chi connectivity index (χ2n) is 8.93. The molecule has 1 atom stereocenters. The lowest BCUT2D eigenvalue weighted by atomic mass is 9.90. The Labute approximate surface area is 210 Å². The maximum absolute atomic E-state index is 13.6. The minimum absolute atomic E-state index is 0.0144. The van der Waals surface area contributed by atoms with Crippen LogP contribution in [-0.2, 0) is 6.54 Å². The first-order chi connectivity index (χ1) is 17.8. The van der Waals surface area contributed by atoms with Gasteiger partial charge in [0.25, 0.3) is 0 Å². The fourth-order valence-corrected chi connectivity index (χ4v) is 4.81. The number of carbonyl (C=O) groups excluding carboxylic acids is 1. The van der Waals surface area contributed by atoms with Gasteiger partial charge in [-0.3, -0.25) is 4.79 Å². The third-order valence-corrected chi connectivity index (χ3v) is 6.67. The van der Waals surface area contributed by atoms with E-state index in [2.05, 4.69) is 66.0 Å². The van der Waals surface area contributed by atoms with E-state index < -0.39 is 6.10 Å². The normalized spacial score (nSPS) is 15.9. The molecule has 0 bridgehead atoms. The van der Waals surface area contributed by atoms with Gasteiger partial charge < -0.3 is 10.1 Å². The highest BCUT2D eigenvalue weighted by atomic mass is 16.5. The molecule has 0 unspecified atom stereocenters. The van der Waals surface area contributed by atoms with Crippen molar-refractivity contribution in [3.8, 4) is 16.9 Å². The van der Waals surface area contributed by atoms with Crippen LogP contribution in [0.4, 0.5) is 0 Å². The van der Waals surface area contributed by atoms with Crippen LogP contribution in [0.2, 0.25) is 0 Å². The predicted octanol–water partition coefficient (Wildman–Crippen LogP) is 7.50. The molecule has 0 amide bonds. The van der Waals surface area contributed by atoms with E-state index >= 15 is 0 Å². The summed E-state index contributed by atoms with van der Waals surface area (Å²) >= 11 is 0. The highest BCUT2D eigenvalue weighted by Crippen LogP contribution is 2.38. The summed E-state index contributed by atoms with van der Waals surface area (Å²) in [6, 6.07) is 40.6. The Morgan fingerprint density at radius 3 is 2.25 bits per heavy atom. The number of ether oxygens (including phenoxy) is 1. The van der Waals surface area contributed by atoms with Crippen LogP contribution >= 0.6 is 0 Å². The molecule has 0 saturated heterocycles. The fraction of sp³-hybridized carbons (Fsp3) is 0.0606. The van der Waals surface area contributed by atoms with Crippen molar-refractivity contribution in [3.63, 3.8) is 0 Å². The smallest absolute Gasteiger partial charge is 0.198 e. The average Bonchev–Trinajstić information content (AvgIpc) is 2.95. The minimum Gasteiger partial charge on any atom is -0.480 e. The maximum atomic E-state index is 13.6. The van der Waals surface area contributed by atoms with Crippen molar-refractivity contribution >= 4 is 16.6 Å². The summed E-state index contributed by atoms with van der Waals surface area (Å²) in [5, 5.41) is 5.80. The van der Waals surface area contributed by atoms with E-state index in [1.807, 2.05) is 66.9 Å². The number of ketones is 1. The van der Waals surface area contributed by atoms with Crippen molar-refractivity contribution < 1.29 is 9.53 Å². The Bertz CT molecular complexity index is 1560. The number of nitrogens with one attached hydrogen (secondary N) is 1. The number of hydrogen-bond donors (Lipinski definition) is 1. The van der Waals surface area contributed by atoms with Gasteiger partial charge >= 0.3 is 0 Å². The minimum atomic E-state index is -0.489.